The summed E-state index contributed by atoms with van der Waals surface area (Å²) in [6.07, 6.45) is 1.78. The molecule has 1 fully saturated rings. The Bertz CT molecular complexity index is 575. The summed E-state index contributed by atoms with van der Waals surface area (Å²) < 4.78 is 28.4. The number of benzene rings is 1. The van der Waals surface area contributed by atoms with Gasteiger partial charge in [0.2, 0.25) is 0 Å². The highest BCUT2D eigenvalue weighted by atomic mass is 32.2. The van der Waals surface area contributed by atoms with E-state index >= 15 is 0 Å². The fraction of sp³-hybridized carbons (Fsp3) is 0.455. The van der Waals surface area contributed by atoms with E-state index in [-0.39, 0.29) is 16.5 Å². The summed E-state index contributed by atoms with van der Waals surface area (Å²) >= 11 is 0. The Kier molecular flexibility index (Phi) is 3.36. The molecule has 6 nitrogen and oxygen atoms in total. The topological polar surface area (TPSA) is 86.5 Å². The van der Waals surface area contributed by atoms with Crippen LogP contribution in [-0.4, -0.2) is 32.8 Å². The normalized spacial score (nSPS) is 19.9. The lowest BCUT2D eigenvalue weighted by molar-refractivity contribution is -0.387. The van der Waals surface area contributed by atoms with Crippen molar-refractivity contribution in [3.63, 3.8) is 0 Å². The fourth-order valence-corrected chi connectivity index (χ4v) is 2.90. The highest BCUT2D eigenvalue weighted by Crippen LogP contribution is 2.31. The molecule has 0 radical (unpaired) electrons. The maximum Gasteiger partial charge on any atom is 0.287 e. The van der Waals surface area contributed by atoms with Crippen molar-refractivity contribution < 1.29 is 18.1 Å². The minimum absolute atomic E-state index is 0.117. The summed E-state index contributed by atoms with van der Waals surface area (Å²) in [5.74, 6) is 0.117. The summed E-state index contributed by atoms with van der Waals surface area (Å²) in [5, 5.41) is 10.8. The lowest BCUT2D eigenvalue weighted by atomic mass is 9.98. The first-order valence-electron chi connectivity index (χ1n) is 5.46. The van der Waals surface area contributed by atoms with E-state index in [1.165, 1.54) is 12.1 Å². The van der Waals surface area contributed by atoms with Gasteiger partial charge in [-0.3, -0.25) is 10.1 Å². The second-order valence-electron chi connectivity index (χ2n) is 4.32. The number of nitro benzene ring substituents is 1. The van der Waals surface area contributed by atoms with Gasteiger partial charge in [0.05, 0.1) is 11.5 Å². The van der Waals surface area contributed by atoms with Gasteiger partial charge >= 0.3 is 0 Å². The van der Waals surface area contributed by atoms with Gasteiger partial charge in [-0.1, -0.05) is 6.07 Å². The van der Waals surface area contributed by atoms with Crippen LogP contribution in [0.4, 0.5) is 5.69 Å². The SMILES string of the molecule is CS(=O)(=O)c1cc(C2CCOC2)ccc1[N+](=O)[O-]. The first-order valence-corrected chi connectivity index (χ1v) is 7.35. The highest BCUT2D eigenvalue weighted by Gasteiger charge is 2.25. The summed E-state index contributed by atoms with van der Waals surface area (Å²) in [5.41, 5.74) is 0.402. The van der Waals surface area contributed by atoms with Crippen LogP contribution in [-0.2, 0) is 14.6 Å². The Hall–Kier alpha value is -1.47. The number of hydrogen-bond donors (Lipinski definition) is 0. The molecular weight excluding hydrogens is 258 g/mol. The summed E-state index contributed by atoms with van der Waals surface area (Å²) in [4.78, 5) is 9.92. The van der Waals surface area contributed by atoms with Gasteiger partial charge in [-0.05, 0) is 18.1 Å². The average molecular weight is 271 g/mol. The molecule has 2 rings (SSSR count). The predicted molar refractivity (Wildman–Crippen MR) is 64.4 cm³/mol. The van der Waals surface area contributed by atoms with Gasteiger partial charge in [0.1, 0.15) is 4.90 Å². The maximum absolute atomic E-state index is 11.6. The molecule has 0 spiro atoms. The fourth-order valence-electron chi connectivity index (χ4n) is 2.03. The third-order valence-electron chi connectivity index (χ3n) is 2.98. The summed E-state index contributed by atoms with van der Waals surface area (Å²) in [7, 11) is -3.61. The number of rotatable bonds is 3. The Morgan fingerprint density at radius 3 is 2.67 bits per heavy atom. The monoisotopic (exact) mass is 271 g/mol. The van der Waals surface area contributed by atoms with Gasteiger partial charge in [0, 0.05) is 24.8 Å². The third-order valence-corrected chi connectivity index (χ3v) is 4.11. The van der Waals surface area contributed by atoms with Crippen LogP contribution in [0.15, 0.2) is 23.1 Å². The van der Waals surface area contributed by atoms with E-state index in [4.69, 9.17) is 4.74 Å². The molecule has 0 saturated carbocycles. The first kappa shape index (κ1) is 13.0. The molecule has 18 heavy (non-hydrogen) atoms. The van der Waals surface area contributed by atoms with Crippen molar-refractivity contribution in [2.75, 3.05) is 19.5 Å². The second kappa shape index (κ2) is 4.66. The molecule has 1 unspecified atom stereocenters. The molecule has 0 amide bonds. The van der Waals surface area contributed by atoms with Gasteiger partial charge in [-0.15, -0.1) is 0 Å². The van der Waals surface area contributed by atoms with E-state index in [1.807, 2.05) is 0 Å². The van der Waals surface area contributed by atoms with Gasteiger partial charge in [0.25, 0.3) is 5.69 Å². The predicted octanol–water partition coefficient (Wildman–Crippen LogP) is 1.50. The largest absolute Gasteiger partial charge is 0.381 e. The zero-order chi connectivity index (χ0) is 13.3. The average Bonchev–Trinajstić information content (AvgIpc) is 2.80. The van der Waals surface area contributed by atoms with Crippen LogP contribution in [0.25, 0.3) is 0 Å². The molecule has 1 heterocycles. The zero-order valence-corrected chi connectivity index (χ0v) is 10.6. The molecule has 0 aliphatic carbocycles. The molecule has 7 heteroatoms. The summed E-state index contributed by atoms with van der Waals surface area (Å²) in [6.45, 7) is 1.16. The number of ether oxygens (including phenoxy) is 1. The quantitative estimate of drug-likeness (QED) is 0.614. The van der Waals surface area contributed by atoms with Crippen LogP contribution >= 0.6 is 0 Å². The molecule has 1 atom stereocenters. The molecule has 0 aromatic heterocycles. The number of sulfone groups is 1. The van der Waals surface area contributed by atoms with Crippen molar-refractivity contribution in [2.45, 2.75) is 17.2 Å². The molecule has 0 N–H and O–H groups in total. The Morgan fingerprint density at radius 1 is 1.44 bits per heavy atom. The lowest BCUT2D eigenvalue weighted by Crippen LogP contribution is -2.06. The van der Waals surface area contributed by atoms with E-state index in [0.717, 1.165) is 18.2 Å². The maximum atomic E-state index is 11.6. The van der Waals surface area contributed by atoms with Gasteiger partial charge in [-0.25, -0.2) is 8.42 Å². The van der Waals surface area contributed by atoms with Gasteiger partial charge < -0.3 is 4.74 Å². The minimum atomic E-state index is -3.61. The van der Waals surface area contributed by atoms with E-state index in [2.05, 4.69) is 0 Å². The molecular formula is C11H13NO5S. The number of hydrogen-bond acceptors (Lipinski definition) is 5. The Labute approximate surface area is 105 Å². The molecule has 1 aromatic carbocycles. The standard InChI is InChI=1S/C11H13NO5S/c1-18(15,16)11-6-8(9-4-5-17-7-9)2-3-10(11)12(13)14/h2-3,6,9H,4-5,7H2,1H3. The molecule has 1 aliphatic rings. The van der Waals surface area contributed by atoms with Crippen LogP contribution in [0.5, 0.6) is 0 Å². The lowest BCUT2D eigenvalue weighted by Gasteiger charge is -2.09. The van der Waals surface area contributed by atoms with E-state index in [9.17, 15) is 18.5 Å². The first-order chi connectivity index (χ1) is 8.39. The molecule has 1 saturated heterocycles. The van der Waals surface area contributed by atoms with Crippen molar-refractivity contribution in [3.05, 3.63) is 33.9 Å². The molecule has 1 aliphatic heterocycles. The van der Waals surface area contributed by atoms with Crippen molar-refractivity contribution in [1.29, 1.82) is 0 Å². The third kappa shape index (κ3) is 2.51. The Morgan fingerprint density at radius 2 is 2.17 bits per heavy atom. The van der Waals surface area contributed by atoms with E-state index in [0.29, 0.717) is 13.2 Å². The van der Waals surface area contributed by atoms with Crippen molar-refractivity contribution in [2.24, 2.45) is 0 Å². The smallest absolute Gasteiger partial charge is 0.287 e. The van der Waals surface area contributed by atoms with Crippen molar-refractivity contribution in [3.8, 4) is 0 Å². The molecule has 1 aromatic rings. The van der Waals surface area contributed by atoms with Gasteiger partial charge in [-0.2, -0.15) is 0 Å². The van der Waals surface area contributed by atoms with E-state index in [1.54, 1.807) is 6.07 Å². The van der Waals surface area contributed by atoms with E-state index < -0.39 is 14.8 Å². The van der Waals surface area contributed by atoms with Gasteiger partial charge in [0.15, 0.2) is 9.84 Å². The summed E-state index contributed by atoms with van der Waals surface area (Å²) in [6, 6.07) is 4.25. The van der Waals surface area contributed by atoms with Crippen molar-refractivity contribution in [1.82, 2.24) is 0 Å². The highest BCUT2D eigenvalue weighted by molar-refractivity contribution is 7.90. The number of nitrogens with zero attached hydrogens (tertiary/aromatic N) is 1. The number of nitro groups is 1. The molecule has 98 valence electrons. The van der Waals surface area contributed by atoms with Crippen molar-refractivity contribution >= 4 is 15.5 Å². The molecule has 0 bridgehead atoms. The second-order valence-corrected chi connectivity index (χ2v) is 6.30. The Balaban J connectivity index is 2.52. The zero-order valence-electron chi connectivity index (χ0n) is 9.83. The minimum Gasteiger partial charge on any atom is -0.381 e. The van der Waals surface area contributed by atoms with Crippen LogP contribution in [0.1, 0.15) is 17.9 Å². The van der Waals surface area contributed by atoms with Crippen LogP contribution < -0.4 is 0 Å². The van der Waals surface area contributed by atoms with Crippen LogP contribution in [0, 0.1) is 10.1 Å². The van der Waals surface area contributed by atoms with Crippen LogP contribution in [0.3, 0.4) is 0 Å². The van der Waals surface area contributed by atoms with Crippen LogP contribution in [0.2, 0.25) is 0 Å².